The molecule has 0 radical (unpaired) electrons. The van der Waals surface area contributed by atoms with E-state index in [0.717, 1.165) is 22.3 Å². The largest absolute Gasteiger partial charge is 0.489 e. The summed E-state index contributed by atoms with van der Waals surface area (Å²) >= 11 is 0. The van der Waals surface area contributed by atoms with Crippen LogP contribution in [-0.2, 0) is 40.5 Å². The van der Waals surface area contributed by atoms with Gasteiger partial charge in [0, 0.05) is 37.2 Å². The van der Waals surface area contributed by atoms with Crippen LogP contribution in [0.5, 0.6) is 5.75 Å². The number of nitrogens with one attached hydrogen (secondary N) is 3. The number of benzene rings is 4. The van der Waals surface area contributed by atoms with E-state index in [0.29, 0.717) is 36.7 Å². The molecule has 252 valence electrons. The number of alkyl carbamates (subject to hydrolysis) is 1. The molecule has 11 nitrogen and oxygen atoms in total. The van der Waals surface area contributed by atoms with E-state index in [1.165, 1.54) is 17.4 Å². The molecular weight excluding hydrogens is 620 g/mol. The summed E-state index contributed by atoms with van der Waals surface area (Å²) in [6.07, 6.45) is 2.87. The molecule has 5 rings (SSSR count). The van der Waals surface area contributed by atoms with E-state index in [4.69, 9.17) is 15.2 Å². The third-order valence-electron chi connectivity index (χ3n) is 7.82. The van der Waals surface area contributed by atoms with Crippen LogP contribution in [0.2, 0.25) is 0 Å². The maximum Gasteiger partial charge on any atom is 0.407 e. The van der Waals surface area contributed by atoms with E-state index in [1.807, 2.05) is 109 Å². The lowest BCUT2D eigenvalue weighted by molar-refractivity contribution is -0.137. The highest BCUT2D eigenvalue weighted by molar-refractivity contribution is 5.88. The van der Waals surface area contributed by atoms with Crippen LogP contribution >= 0.6 is 0 Å². The van der Waals surface area contributed by atoms with Crippen LogP contribution in [0.25, 0.3) is 0 Å². The number of amides is 3. The fourth-order valence-electron chi connectivity index (χ4n) is 5.16. The van der Waals surface area contributed by atoms with Crippen LogP contribution in [-0.4, -0.2) is 52.4 Å². The number of para-hydroxylation sites is 1. The average molecular weight is 661 g/mol. The van der Waals surface area contributed by atoms with Gasteiger partial charge in [0.2, 0.25) is 11.8 Å². The molecule has 49 heavy (non-hydrogen) atoms. The van der Waals surface area contributed by atoms with Gasteiger partial charge in [-0.2, -0.15) is 0 Å². The van der Waals surface area contributed by atoms with Crippen LogP contribution in [0.3, 0.4) is 0 Å². The van der Waals surface area contributed by atoms with Crippen LogP contribution in [0.4, 0.5) is 10.5 Å². The Morgan fingerprint density at radius 1 is 0.796 bits per heavy atom. The number of ether oxygens (including phenoxy) is 2. The number of imidazole rings is 1. The quantitative estimate of drug-likeness (QED) is 0.109. The number of nitrogens with zero attached hydrogens (tertiary/aromatic N) is 2. The molecule has 1 heterocycles. The summed E-state index contributed by atoms with van der Waals surface area (Å²) in [4.78, 5) is 48.6. The number of anilines is 1. The Bertz CT molecular complexity index is 1770. The standard InChI is InChI=1S/C38H40N6O5/c39-34-14-8-7-13-31(34)19-20-41-36(45)24-44(23-28-15-17-32(18-16-28)48-25-29-9-3-1-4-10-29)37(46)33(35-22-40-27-43-35)21-42-38(47)49-26-30-11-5-2-6-12-30/h1-18,22,27,33H,19-21,23-26,39H2,(H,40,43)(H,41,45)(H,42,47)/t33-/m0/s1. The second kappa shape index (κ2) is 17.7. The average Bonchev–Trinajstić information content (AvgIpc) is 3.67. The number of H-pyrrole nitrogens is 1. The van der Waals surface area contributed by atoms with Crippen LogP contribution in [0, 0.1) is 0 Å². The summed E-state index contributed by atoms with van der Waals surface area (Å²) in [5.74, 6) is -0.891. The van der Waals surface area contributed by atoms with Crippen molar-refractivity contribution < 1.29 is 23.9 Å². The maximum atomic E-state index is 14.2. The number of rotatable bonds is 16. The van der Waals surface area contributed by atoms with Crippen molar-refractivity contribution in [2.24, 2.45) is 0 Å². The molecule has 0 bridgehead atoms. The molecule has 0 spiro atoms. The SMILES string of the molecule is Nc1ccccc1CCNC(=O)CN(Cc1ccc(OCc2ccccc2)cc1)C(=O)[C@@H](CNC(=O)OCc1ccccc1)c1cnc[nH]1. The molecule has 0 aliphatic carbocycles. The summed E-state index contributed by atoms with van der Waals surface area (Å²) in [6, 6.07) is 34.0. The van der Waals surface area contributed by atoms with E-state index in [1.54, 1.807) is 0 Å². The van der Waals surface area contributed by atoms with Crippen molar-refractivity contribution in [3.8, 4) is 5.75 Å². The summed E-state index contributed by atoms with van der Waals surface area (Å²) in [5.41, 5.74) is 10.8. The van der Waals surface area contributed by atoms with Crippen LogP contribution in [0.1, 0.15) is 33.9 Å². The number of nitrogen functional groups attached to an aromatic ring is 1. The molecule has 0 saturated heterocycles. The van der Waals surface area contributed by atoms with Gasteiger partial charge in [-0.1, -0.05) is 91.0 Å². The van der Waals surface area contributed by atoms with Crippen molar-refractivity contribution in [2.75, 3.05) is 25.4 Å². The van der Waals surface area contributed by atoms with Crippen molar-refractivity contribution in [1.29, 1.82) is 0 Å². The van der Waals surface area contributed by atoms with E-state index in [-0.39, 0.29) is 38.1 Å². The molecule has 1 atom stereocenters. The second-order valence-electron chi connectivity index (χ2n) is 11.4. The second-order valence-corrected chi connectivity index (χ2v) is 11.4. The minimum atomic E-state index is -0.864. The van der Waals surface area contributed by atoms with Gasteiger partial charge in [0.15, 0.2) is 0 Å². The van der Waals surface area contributed by atoms with Crippen LogP contribution < -0.4 is 21.1 Å². The first-order chi connectivity index (χ1) is 23.9. The van der Waals surface area contributed by atoms with Gasteiger partial charge in [0.1, 0.15) is 19.0 Å². The van der Waals surface area contributed by atoms with Crippen molar-refractivity contribution in [1.82, 2.24) is 25.5 Å². The first-order valence-corrected chi connectivity index (χ1v) is 16.0. The zero-order valence-corrected chi connectivity index (χ0v) is 27.1. The Kier molecular flexibility index (Phi) is 12.4. The zero-order chi connectivity index (χ0) is 34.3. The minimum Gasteiger partial charge on any atom is -0.489 e. The van der Waals surface area contributed by atoms with Gasteiger partial charge < -0.3 is 35.7 Å². The molecule has 1 aromatic heterocycles. The summed E-state index contributed by atoms with van der Waals surface area (Å²) in [7, 11) is 0. The Morgan fingerprint density at radius 2 is 1.47 bits per heavy atom. The molecule has 0 saturated carbocycles. The van der Waals surface area contributed by atoms with E-state index < -0.39 is 12.0 Å². The molecule has 11 heteroatoms. The third-order valence-corrected chi connectivity index (χ3v) is 7.82. The Morgan fingerprint density at radius 3 is 2.14 bits per heavy atom. The van der Waals surface area contributed by atoms with E-state index in [9.17, 15) is 14.4 Å². The third kappa shape index (κ3) is 10.7. The highest BCUT2D eigenvalue weighted by Crippen LogP contribution is 2.20. The molecule has 4 aromatic carbocycles. The molecule has 5 N–H and O–H groups in total. The lowest BCUT2D eigenvalue weighted by Gasteiger charge is -2.27. The van der Waals surface area contributed by atoms with Crippen molar-refractivity contribution in [3.05, 3.63) is 150 Å². The highest BCUT2D eigenvalue weighted by atomic mass is 16.5. The molecular formula is C38H40N6O5. The van der Waals surface area contributed by atoms with Gasteiger partial charge >= 0.3 is 6.09 Å². The Balaban J connectivity index is 1.26. The smallest absolute Gasteiger partial charge is 0.407 e. The highest BCUT2D eigenvalue weighted by Gasteiger charge is 2.29. The normalized spacial score (nSPS) is 11.3. The Hall–Kier alpha value is -6.10. The first-order valence-electron chi connectivity index (χ1n) is 16.0. The lowest BCUT2D eigenvalue weighted by Crippen LogP contribution is -2.45. The topological polar surface area (TPSA) is 152 Å². The van der Waals surface area contributed by atoms with Crippen molar-refractivity contribution in [2.45, 2.75) is 32.1 Å². The van der Waals surface area contributed by atoms with E-state index >= 15 is 0 Å². The fraction of sp³-hybridized carbons (Fsp3) is 0.211. The van der Waals surface area contributed by atoms with Gasteiger partial charge in [-0.15, -0.1) is 0 Å². The number of hydrogen-bond donors (Lipinski definition) is 4. The first kappa shape index (κ1) is 34.2. The van der Waals surface area contributed by atoms with Gasteiger partial charge in [0.05, 0.1) is 18.8 Å². The number of hydrogen-bond acceptors (Lipinski definition) is 7. The number of aromatic nitrogens is 2. The minimum absolute atomic E-state index is 0.0771. The molecule has 3 amide bonds. The van der Waals surface area contributed by atoms with Gasteiger partial charge in [-0.05, 0) is 46.9 Å². The number of carbonyl (C=O) groups excluding carboxylic acids is 3. The summed E-state index contributed by atoms with van der Waals surface area (Å²) in [5, 5.41) is 5.61. The lowest BCUT2D eigenvalue weighted by atomic mass is 10.0. The van der Waals surface area contributed by atoms with E-state index in [2.05, 4.69) is 20.6 Å². The van der Waals surface area contributed by atoms with Crippen molar-refractivity contribution in [3.63, 3.8) is 0 Å². The summed E-state index contributed by atoms with van der Waals surface area (Å²) in [6.45, 7) is 0.708. The molecule has 5 aromatic rings. The molecule has 0 unspecified atom stereocenters. The van der Waals surface area contributed by atoms with Gasteiger partial charge in [0.25, 0.3) is 0 Å². The zero-order valence-electron chi connectivity index (χ0n) is 27.1. The van der Waals surface area contributed by atoms with Gasteiger partial charge in [-0.3, -0.25) is 9.59 Å². The predicted molar refractivity (Wildman–Crippen MR) is 186 cm³/mol. The maximum absolute atomic E-state index is 14.2. The predicted octanol–water partition coefficient (Wildman–Crippen LogP) is 4.97. The molecule has 0 aliphatic rings. The number of carbonyl (C=O) groups is 3. The van der Waals surface area contributed by atoms with Crippen LogP contribution in [0.15, 0.2) is 122 Å². The number of nitrogens with two attached hydrogens (primary N) is 1. The number of aromatic amines is 1. The monoisotopic (exact) mass is 660 g/mol. The molecule has 0 fully saturated rings. The summed E-state index contributed by atoms with van der Waals surface area (Å²) < 4.78 is 11.3. The Labute approximate surface area is 285 Å². The fourth-order valence-corrected chi connectivity index (χ4v) is 5.16. The molecule has 0 aliphatic heterocycles. The van der Waals surface area contributed by atoms with Gasteiger partial charge in [-0.25, -0.2) is 9.78 Å². The van der Waals surface area contributed by atoms with Crippen molar-refractivity contribution >= 4 is 23.6 Å².